The molecule has 5 nitrogen and oxygen atoms in total. The van der Waals surface area contributed by atoms with Crippen molar-refractivity contribution in [1.29, 1.82) is 0 Å². The van der Waals surface area contributed by atoms with Crippen molar-refractivity contribution in [3.8, 4) is 5.75 Å². The van der Waals surface area contributed by atoms with E-state index >= 15 is 0 Å². The third-order valence-electron chi connectivity index (χ3n) is 3.49. The number of carbonyl (C=O) groups is 1. The maximum atomic E-state index is 11.2. The predicted octanol–water partition coefficient (Wildman–Crippen LogP) is 3.15. The van der Waals surface area contributed by atoms with Crippen LogP contribution in [0.5, 0.6) is 5.75 Å². The molecule has 0 unspecified atom stereocenters. The van der Waals surface area contributed by atoms with Crippen LogP contribution in [-0.4, -0.2) is 18.2 Å². The van der Waals surface area contributed by atoms with E-state index < -0.39 is 5.97 Å². The molecule has 0 bridgehead atoms. The van der Waals surface area contributed by atoms with Gasteiger partial charge in [0.25, 0.3) is 0 Å². The highest BCUT2D eigenvalue weighted by Gasteiger charge is 2.14. The number of aromatic carboxylic acids is 1. The van der Waals surface area contributed by atoms with Crippen molar-refractivity contribution < 1.29 is 19.1 Å². The first kappa shape index (κ1) is 15.1. The van der Waals surface area contributed by atoms with Gasteiger partial charge >= 0.3 is 5.97 Å². The normalized spacial score (nSPS) is 12.1. The monoisotopic (exact) mass is 289 g/mol. The maximum Gasteiger partial charge on any atom is 0.339 e. The standard InChI is InChI=1S/C16H19NO4/c1-10-6-7-21-15(10)9-17-11(2)12-4-5-14(20-3)13(8-12)16(18)19/h4-8,11,17H,9H2,1-3H3,(H,18,19)/t11-/m0/s1. The summed E-state index contributed by atoms with van der Waals surface area (Å²) in [4.78, 5) is 11.2. The Morgan fingerprint density at radius 1 is 1.43 bits per heavy atom. The van der Waals surface area contributed by atoms with Gasteiger partial charge in [-0.15, -0.1) is 0 Å². The molecular weight excluding hydrogens is 270 g/mol. The fourth-order valence-corrected chi connectivity index (χ4v) is 2.11. The number of hydrogen-bond donors (Lipinski definition) is 2. The molecule has 1 aromatic heterocycles. The number of hydrogen-bond acceptors (Lipinski definition) is 4. The van der Waals surface area contributed by atoms with Gasteiger partial charge in [0.05, 0.1) is 19.9 Å². The summed E-state index contributed by atoms with van der Waals surface area (Å²) in [6.45, 7) is 4.56. The molecule has 1 heterocycles. The highest BCUT2D eigenvalue weighted by atomic mass is 16.5. The van der Waals surface area contributed by atoms with E-state index in [1.54, 1.807) is 18.4 Å². The van der Waals surface area contributed by atoms with E-state index in [-0.39, 0.29) is 11.6 Å². The van der Waals surface area contributed by atoms with Crippen LogP contribution in [0.15, 0.2) is 34.9 Å². The topological polar surface area (TPSA) is 71.7 Å². The molecule has 5 heteroatoms. The molecule has 0 saturated carbocycles. The van der Waals surface area contributed by atoms with Crippen molar-refractivity contribution in [3.05, 3.63) is 53.0 Å². The van der Waals surface area contributed by atoms with E-state index in [0.29, 0.717) is 12.3 Å². The fraction of sp³-hybridized carbons (Fsp3) is 0.312. The minimum Gasteiger partial charge on any atom is -0.496 e. The fourth-order valence-electron chi connectivity index (χ4n) is 2.11. The smallest absolute Gasteiger partial charge is 0.339 e. The second kappa shape index (κ2) is 6.45. The molecule has 0 fully saturated rings. The Labute approximate surface area is 123 Å². The van der Waals surface area contributed by atoms with E-state index in [4.69, 9.17) is 9.15 Å². The molecule has 0 aliphatic carbocycles. The Kier molecular flexibility index (Phi) is 4.65. The van der Waals surface area contributed by atoms with Gasteiger partial charge < -0.3 is 19.6 Å². The number of carboxylic acids is 1. The van der Waals surface area contributed by atoms with E-state index in [1.165, 1.54) is 7.11 Å². The summed E-state index contributed by atoms with van der Waals surface area (Å²) in [6, 6.07) is 7.08. The van der Waals surface area contributed by atoms with Crippen LogP contribution in [-0.2, 0) is 6.54 Å². The molecule has 0 spiro atoms. The molecule has 112 valence electrons. The average molecular weight is 289 g/mol. The zero-order valence-electron chi connectivity index (χ0n) is 12.3. The van der Waals surface area contributed by atoms with Crippen LogP contribution in [0.25, 0.3) is 0 Å². The number of carboxylic acid groups (broad SMARTS) is 1. The van der Waals surface area contributed by atoms with E-state index in [2.05, 4.69) is 5.32 Å². The van der Waals surface area contributed by atoms with Gasteiger partial charge in [0, 0.05) is 6.04 Å². The number of ether oxygens (including phenoxy) is 1. The van der Waals surface area contributed by atoms with Gasteiger partial charge in [0.1, 0.15) is 17.1 Å². The van der Waals surface area contributed by atoms with E-state index in [1.807, 2.05) is 26.0 Å². The molecule has 2 aromatic rings. The number of benzene rings is 1. The number of furan rings is 1. The zero-order valence-corrected chi connectivity index (χ0v) is 12.3. The molecule has 0 aliphatic heterocycles. The van der Waals surface area contributed by atoms with Crippen LogP contribution < -0.4 is 10.1 Å². The first-order valence-electron chi connectivity index (χ1n) is 6.70. The van der Waals surface area contributed by atoms with Crippen molar-refractivity contribution in [2.75, 3.05) is 7.11 Å². The summed E-state index contributed by atoms with van der Waals surface area (Å²) in [5.41, 5.74) is 2.14. The molecule has 0 amide bonds. The predicted molar refractivity (Wildman–Crippen MR) is 78.7 cm³/mol. The lowest BCUT2D eigenvalue weighted by Crippen LogP contribution is -2.18. The lowest BCUT2D eigenvalue weighted by atomic mass is 10.0. The van der Waals surface area contributed by atoms with E-state index in [0.717, 1.165) is 16.9 Å². The molecule has 21 heavy (non-hydrogen) atoms. The first-order chi connectivity index (χ1) is 10.0. The Morgan fingerprint density at radius 2 is 2.19 bits per heavy atom. The second-order valence-corrected chi connectivity index (χ2v) is 4.89. The van der Waals surface area contributed by atoms with Crippen LogP contribution in [0, 0.1) is 6.92 Å². The highest BCUT2D eigenvalue weighted by Crippen LogP contribution is 2.23. The van der Waals surface area contributed by atoms with Crippen molar-refractivity contribution in [3.63, 3.8) is 0 Å². The number of rotatable bonds is 6. The summed E-state index contributed by atoms with van der Waals surface area (Å²) in [5.74, 6) is 0.247. The quantitative estimate of drug-likeness (QED) is 0.854. The maximum absolute atomic E-state index is 11.2. The molecule has 0 saturated heterocycles. The Balaban J connectivity index is 2.12. The lowest BCUT2D eigenvalue weighted by Gasteiger charge is -2.15. The molecule has 2 rings (SSSR count). The van der Waals surface area contributed by atoms with Gasteiger partial charge in [0.2, 0.25) is 0 Å². The number of aryl methyl sites for hydroxylation is 1. The van der Waals surface area contributed by atoms with Crippen molar-refractivity contribution in [2.24, 2.45) is 0 Å². The minimum atomic E-state index is -0.997. The molecular formula is C16H19NO4. The van der Waals surface area contributed by atoms with Gasteiger partial charge in [0.15, 0.2) is 0 Å². The lowest BCUT2D eigenvalue weighted by molar-refractivity contribution is 0.0693. The van der Waals surface area contributed by atoms with Gasteiger partial charge in [-0.2, -0.15) is 0 Å². The SMILES string of the molecule is COc1ccc([C@H](C)NCc2occc2C)cc1C(=O)O. The summed E-state index contributed by atoms with van der Waals surface area (Å²) >= 11 is 0. The molecule has 1 aromatic carbocycles. The van der Waals surface area contributed by atoms with Gasteiger partial charge in [-0.1, -0.05) is 6.07 Å². The largest absolute Gasteiger partial charge is 0.496 e. The van der Waals surface area contributed by atoms with Crippen molar-refractivity contribution in [1.82, 2.24) is 5.32 Å². The minimum absolute atomic E-state index is 0.00138. The Hall–Kier alpha value is -2.27. The highest BCUT2D eigenvalue weighted by molar-refractivity contribution is 5.91. The Morgan fingerprint density at radius 3 is 2.76 bits per heavy atom. The van der Waals surface area contributed by atoms with Gasteiger partial charge in [-0.25, -0.2) is 4.79 Å². The van der Waals surface area contributed by atoms with Gasteiger partial charge in [-0.05, 0) is 43.2 Å². The third kappa shape index (κ3) is 3.44. The second-order valence-electron chi connectivity index (χ2n) is 4.89. The summed E-state index contributed by atoms with van der Waals surface area (Å²) < 4.78 is 10.4. The van der Waals surface area contributed by atoms with Crippen molar-refractivity contribution >= 4 is 5.97 Å². The van der Waals surface area contributed by atoms with Crippen LogP contribution >= 0.6 is 0 Å². The van der Waals surface area contributed by atoms with Crippen molar-refractivity contribution in [2.45, 2.75) is 26.4 Å². The van der Waals surface area contributed by atoms with Crippen LogP contribution in [0.2, 0.25) is 0 Å². The van der Waals surface area contributed by atoms with E-state index in [9.17, 15) is 9.90 Å². The molecule has 0 aliphatic rings. The molecule has 0 radical (unpaired) electrons. The van der Waals surface area contributed by atoms with Crippen LogP contribution in [0.4, 0.5) is 0 Å². The zero-order chi connectivity index (χ0) is 15.4. The number of nitrogens with one attached hydrogen (secondary N) is 1. The third-order valence-corrected chi connectivity index (χ3v) is 3.49. The van der Waals surface area contributed by atoms with Crippen LogP contribution in [0.1, 0.15) is 40.2 Å². The molecule has 1 atom stereocenters. The molecule has 2 N–H and O–H groups in total. The van der Waals surface area contributed by atoms with Crippen LogP contribution in [0.3, 0.4) is 0 Å². The number of methoxy groups -OCH3 is 1. The Bertz CT molecular complexity index is 633. The average Bonchev–Trinajstić information content (AvgIpc) is 2.89. The van der Waals surface area contributed by atoms with Gasteiger partial charge in [-0.3, -0.25) is 0 Å². The first-order valence-corrected chi connectivity index (χ1v) is 6.70. The summed E-state index contributed by atoms with van der Waals surface area (Å²) in [7, 11) is 1.46. The summed E-state index contributed by atoms with van der Waals surface area (Å²) in [5, 5.41) is 12.5. The summed E-state index contributed by atoms with van der Waals surface area (Å²) in [6.07, 6.45) is 1.66.